The Morgan fingerprint density at radius 2 is 1.45 bits per heavy atom. The summed E-state index contributed by atoms with van der Waals surface area (Å²) in [6, 6.07) is 6.04. The summed E-state index contributed by atoms with van der Waals surface area (Å²) in [5, 5.41) is 2.51. The third kappa shape index (κ3) is 2.77. The largest absolute Gasteiger partial charge is 0.0876 e. The highest BCUT2D eigenvalue weighted by atomic mass is 79.9. The second-order valence-corrected chi connectivity index (χ2v) is 3.79. The Hall–Kier alpha value is 0.470. The Balaban J connectivity index is 3.02. The molecule has 0 saturated heterocycles. The van der Waals surface area contributed by atoms with E-state index < -0.39 is 0 Å². The maximum absolute atomic E-state index is 5.87. The van der Waals surface area contributed by atoms with Crippen molar-refractivity contribution in [2.75, 3.05) is 0 Å². The van der Waals surface area contributed by atoms with Crippen LogP contribution in [0.15, 0.2) is 18.2 Å². The molecule has 0 fully saturated rings. The molecule has 0 unspecified atom stereocenters. The van der Waals surface area contributed by atoms with E-state index in [9.17, 15) is 0 Å². The molecule has 0 aliphatic heterocycles. The van der Waals surface area contributed by atoms with Crippen molar-refractivity contribution in [1.82, 2.24) is 0 Å². The average Bonchev–Trinajstić information content (AvgIpc) is 2.03. The Labute approximate surface area is 88.2 Å². The number of hydrogen-bond donors (Lipinski definition) is 0. The highest BCUT2D eigenvalue weighted by molar-refractivity contribution is 9.08. The van der Waals surface area contributed by atoms with Crippen LogP contribution < -0.4 is 0 Å². The Kier molecular flexibility index (Phi) is 3.90. The predicted molar refractivity (Wildman–Crippen MR) is 56.7 cm³/mol. The number of alkyl halides is 2. The first kappa shape index (κ1) is 9.56. The fourth-order valence-corrected chi connectivity index (χ4v) is 1.80. The van der Waals surface area contributed by atoms with Gasteiger partial charge in [0.05, 0.1) is 0 Å². The van der Waals surface area contributed by atoms with Crippen molar-refractivity contribution in [2.45, 2.75) is 10.7 Å². The van der Waals surface area contributed by atoms with E-state index in [-0.39, 0.29) is 0 Å². The summed E-state index contributed by atoms with van der Waals surface area (Å²) in [4.78, 5) is 0. The van der Waals surface area contributed by atoms with Gasteiger partial charge < -0.3 is 0 Å². The molecule has 0 aliphatic carbocycles. The fraction of sp³-hybridized carbons (Fsp3) is 0.250. The smallest absolute Gasteiger partial charge is 0.0412 e. The summed E-state index contributed by atoms with van der Waals surface area (Å²) in [6.07, 6.45) is 0. The molecule has 0 N–H and O–H groups in total. The first-order valence-corrected chi connectivity index (χ1v) is 5.78. The molecule has 1 aromatic rings. The van der Waals surface area contributed by atoms with Crippen LogP contribution in [0.2, 0.25) is 5.02 Å². The zero-order valence-electron chi connectivity index (χ0n) is 5.78. The third-order valence-electron chi connectivity index (χ3n) is 1.33. The van der Waals surface area contributed by atoms with Crippen LogP contribution in [0.5, 0.6) is 0 Å². The minimum Gasteiger partial charge on any atom is -0.0876 e. The van der Waals surface area contributed by atoms with Gasteiger partial charge in [-0.2, -0.15) is 0 Å². The molecule has 0 nitrogen and oxygen atoms in total. The minimum absolute atomic E-state index is 0.802. The lowest BCUT2D eigenvalue weighted by Crippen LogP contribution is -1.82. The number of benzene rings is 1. The first-order valence-electron chi connectivity index (χ1n) is 3.16. The summed E-state index contributed by atoms with van der Waals surface area (Å²) in [6.45, 7) is 0. The zero-order valence-corrected chi connectivity index (χ0v) is 9.71. The summed E-state index contributed by atoms with van der Waals surface area (Å²) >= 11 is 12.6. The second kappa shape index (κ2) is 4.48. The maximum Gasteiger partial charge on any atom is 0.0412 e. The van der Waals surface area contributed by atoms with E-state index in [1.807, 2.05) is 12.1 Å². The topological polar surface area (TPSA) is 0 Å². The molecule has 0 saturated carbocycles. The number of hydrogen-bond acceptors (Lipinski definition) is 0. The van der Waals surface area contributed by atoms with Gasteiger partial charge in [0.25, 0.3) is 0 Å². The van der Waals surface area contributed by atoms with Gasteiger partial charge in [0, 0.05) is 15.7 Å². The van der Waals surface area contributed by atoms with Crippen LogP contribution in [0, 0.1) is 0 Å². The first-order chi connectivity index (χ1) is 5.26. The van der Waals surface area contributed by atoms with Crippen LogP contribution in [0.3, 0.4) is 0 Å². The highest BCUT2D eigenvalue weighted by Crippen LogP contribution is 2.18. The van der Waals surface area contributed by atoms with Crippen molar-refractivity contribution >= 4 is 43.5 Å². The lowest BCUT2D eigenvalue weighted by atomic mass is 10.2. The van der Waals surface area contributed by atoms with Gasteiger partial charge in [0.15, 0.2) is 0 Å². The van der Waals surface area contributed by atoms with Gasteiger partial charge in [0.1, 0.15) is 0 Å². The van der Waals surface area contributed by atoms with E-state index in [0.717, 1.165) is 15.7 Å². The molecular weight excluding hydrogens is 291 g/mol. The molecule has 1 rings (SSSR count). The summed E-state index contributed by atoms with van der Waals surface area (Å²) in [7, 11) is 0. The average molecular weight is 298 g/mol. The van der Waals surface area contributed by atoms with Gasteiger partial charge in [0.2, 0.25) is 0 Å². The lowest BCUT2D eigenvalue weighted by Gasteiger charge is -2.00. The van der Waals surface area contributed by atoms with Crippen molar-refractivity contribution in [3.05, 3.63) is 34.3 Å². The van der Waals surface area contributed by atoms with E-state index in [4.69, 9.17) is 11.6 Å². The van der Waals surface area contributed by atoms with Crippen molar-refractivity contribution in [2.24, 2.45) is 0 Å². The van der Waals surface area contributed by atoms with Crippen molar-refractivity contribution in [3.63, 3.8) is 0 Å². The molecule has 1 aromatic carbocycles. The molecule has 11 heavy (non-hydrogen) atoms. The van der Waals surface area contributed by atoms with E-state index in [2.05, 4.69) is 37.9 Å². The van der Waals surface area contributed by atoms with Crippen LogP contribution in [-0.4, -0.2) is 0 Å². The van der Waals surface area contributed by atoms with Gasteiger partial charge in [-0.25, -0.2) is 0 Å². The molecule has 0 aliphatic rings. The molecule has 60 valence electrons. The Morgan fingerprint density at radius 3 is 1.82 bits per heavy atom. The maximum atomic E-state index is 5.87. The van der Waals surface area contributed by atoms with Crippen molar-refractivity contribution < 1.29 is 0 Å². The number of rotatable bonds is 2. The van der Waals surface area contributed by atoms with E-state index in [0.29, 0.717) is 0 Å². The summed E-state index contributed by atoms with van der Waals surface area (Å²) in [5.41, 5.74) is 2.43. The van der Waals surface area contributed by atoms with E-state index in [1.54, 1.807) is 0 Å². The normalized spacial score (nSPS) is 10.1. The molecule has 0 spiro atoms. The number of halogens is 3. The SMILES string of the molecule is Clc1cc(CBr)cc(CBr)c1. The van der Waals surface area contributed by atoms with Crippen LogP contribution in [0.25, 0.3) is 0 Å². The van der Waals surface area contributed by atoms with E-state index in [1.165, 1.54) is 11.1 Å². The van der Waals surface area contributed by atoms with Gasteiger partial charge in [-0.3, -0.25) is 0 Å². The molecule has 0 aromatic heterocycles. The molecule has 0 amide bonds. The molecule has 3 heteroatoms. The quantitative estimate of drug-likeness (QED) is 0.720. The van der Waals surface area contributed by atoms with Gasteiger partial charge in [-0.05, 0) is 23.3 Å². The zero-order chi connectivity index (χ0) is 8.27. The Bertz CT molecular complexity index is 226. The van der Waals surface area contributed by atoms with Crippen LogP contribution in [-0.2, 0) is 10.7 Å². The summed E-state index contributed by atoms with van der Waals surface area (Å²) < 4.78 is 0. The molecule has 0 bridgehead atoms. The van der Waals surface area contributed by atoms with E-state index >= 15 is 0 Å². The van der Waals surface area contributed by atoms with Crippen molar-refractivity contribution in [1.29, 1.82) is 0 Å². The molecule has 0 heterocycles. The van der Waals surface area contributed by atoms with Crippen LogP contribution in [0.1, 0.15) is 11.1 Å². The van der Waals surface area contributed by atoms with Crippen LogP contribution >= 0.6 is 43.5 Å². The van der Waals surface area contributed by atoms with Gasteiger partial charge in [-0.15, -0.1) is 0 Å². The molecular formula is C8H7Br2Cl. The van der Waals surface area contributed by atoms with Gasteiger partial charge in [-0.1, -0.05) is 49.5 Å². The lowest BCUT2D eigenvalue weighted by molar-refractivity contribution is 1.35. The Morgan fingerprint density at radius 1 is 1.00 bits per heavy atom. The highest BCUT2D eigenvalue weighted by Gasteiger charge is 1.96. The van der Waals surface area contributed by atoms with Crippen molar-refractivity contribution in [3.8, 4) is 0 Å². The minimum atomic E-state index is 0.802. The third-order valence-corrected chi connectivity index (χ3v) is 2.84. The second-order valence-electron chi connectivity index (χ2n) is 2.23. The van der Waals surface area contributed by atoms with Gasteiger partial charge >= 0.3 is 0 Å². The monoisotopic (exact) mass is 296 g/mol. The molecule has 0 atom stereocenters. The predicted octanol–water partition coefficient (Wildman–Crippen LogP) is 4.13. The fourth-order valence-electron chi connectivity index (χ4n) is 0.872. The summed E-state index contributed by atoms with van der Waals surface area (Å²) in [5.74, 6) is 0. The van der Waals surface area contributed by atoms with Crippen LogP contribution in [0.4, 0.5) is 0 Å². The molecule has 0 radical (unpaired) electrons. The standard InChI is InChI=1S/C8H7Br2Cl/c9-4-6-1-7(5-10)3-8(11)2-6/h1-3H,4-5H2.